The lowest BCUT2D eigenvalue weighted by atomic mass is 9.98. The van der Waals surface area contributed by atoms with E-state index in [9.17, 15) is 9.90 Å². The van der Waals surface area contributed by atoms with Gasteiger partial charge in [-0.05, 0) is 49.4 Å². The molecule has 1 unspecified atom stereocenters. The molecule has 1 atom stereocenters. The van der Waals surface area contributed by atoms with Crippen molar-refractivity contribution in [3.8, 4) is 5.69 Å². The van der Waals surface area contributed by atoms with Crippen LogP contribution < -0.4 is 5.32 Å². The fourth-order valence-electron chi connectivity index (χ4n) is 3.04. The number of piperidine rings is 1. The van der Waals surface area contributed by atoms with Crippen molar-refractivity contribution < 1.29 is 9.90 Å². The van der Waals surface area contributed by atoms with Crippen LogP contribution in [0.15, 0.2) is 42.7 Å². The molecule has 0 spiro atoms. The minimum Gasteiger partial charge on any atom is -0.396 e. The third-order valence-corrected chi connectivity index (χ3v) is 4.64. The number of nitrogens with one attached hydrogen (secondary N) is 1. The highest BCUT2D eigenvalue weighted by molar-refractivity contribution is 5.74. The third-order valence-electron chi connectivity index (χ3n) is 4.64. The Morgan fingerprint density at radius 2 is 2.17 bits per heavy atom. The number of urea groups is 1. The first kappa shape index (κ1) is 16.5. The fraction of sp³-hybridized carbons (Fsp3) is 0.444. The molecule has 1 aliphatic heterocycles. The largest absolute Gasteiger partial charge is 0.396 e. The Kier molecular flexibility index (Phi) is 5.15. The molecule has 6 heteroatoms. The zero-order valence-electron chi connectivity index (χ0n) is 13.9. The number of benzene rings is 1. The van der Waals surface area contributed by atoms with E-state index in [-0.39, 0.29) is 18.7 Å². The number of hydrogen-bond donors (Lipinski definition) is 2. The van der Waals surface area contributed by atoms with E-state index in [4.69, 9.17) is 0 Å². The van der Waals surface area contributed by atoms with E-state index in [1.165, 1.54) is 0 Å². The van der Waals surface area contributed by atoms with Gasteiger partial charge in [-0.15, -0.1) is 0 Å². The van der Waals surface area contributed by atoms with Crippen LogP contribution in [0.25, 0.3) is 5.69 Å². The monoisotopic (exact) mass is 328 g/mol. The maximum Gasteiger partial charge on any atom is 0.317 e. The second kappa shape index (κ2) is 7.49. The van der Waals surface area contributed by atoms with Crippen molar-refractivity contribution >= 4 is 6.03 Å². The molecule has 1 aromatic carbocycles. The van der Waals surface area contributed by atoms with Crippen LogP contribution in [0.2, 0.25) is 0 Å². The van der Waals surface area contributed by atoms with Gasteiger partial charge in [0.2, 0.25) is 0 Å². The quantitative estimate of drug-likeness (QED) is 0.905. The third kappa shape index (κ3) is 3.76. The van der Waals surface area contributed by atoms with Gasteiger partial charge in [-0.1, -0.05) is 12.1 Å². The van der Waals surface area contributed by atoms with Gasteiger partial charge in [-0.3, -0.25) is 0 Å². The highest BCUT2D eigenvalue weighted by Crippen LogP contribution is 2.19. The van der Waals surface area contributed by atoms with E-state index in [2.05, 4.69) is 10.4 Å². The fourth-order valence-corrected chi connectivity index (χ4v) is 3.04. The van der Waals surface area contributed by atoms with Gasteiger partial charge in [-0.2, -0.15) is 5.10 Å². The van der Waals surface area contributed by atoms with E-state index < -0.39 is 0 Å². The van der Waals surface area contributed by atoms with Crippen molar-refractivity contribution in [3.63, 3.8) is 0 Å². The lowest BCUT2D eigenvalue weighted by molar-refractivity contribution is 0.136. The Bertz CT molecular complexity index is 663. The molecular weight excluding hydrogens is 304 g/mol. The molecule has 128 valence electrons. The van der Waals surface area contributed by atoms with Crippen molar-refractivity contribution in [3.05, 3.63) is 48.3 Å². The molecule has 1 aromatic heterocycles. The molecule has 0 radical (unpaired) electrons. The number of likely N-dealkylation sites (tertiary alicyclic amines) is 1. The minimum absolute atomic E-state index is 0.0385. The Balaban J connectivity index is 1.61. The van der Waals surface area contributed by atoms with Crippen molar-refractivity contribution in [1.82, 2.24) is 20.0 Å². The van der Waals surface area contributed by atoms with Gasteiger partial charge >= 0.3 is 6.03 Å². The molecule has 3 rings (SSSR count). The summed E-state index contributed by atoms with van der Waals surface area (Å²) in [4.78, 5) is 14.3. The maximum atomic E-state index is 12.4. The van der Waals surface area contributed by atoms with E-state index in [1.54, 1.807) is 10.9 Å². The van der Waals surface area contributed by atoms with Gasteiger partial charge in [0.25, 0.3) is 0 Å². The highest BCUT2D eigenvalue weighted by atomic mass is 16.3. The molecule has 0 saturated carbocycles. The topological polar surface area (TPSA) is 70.4 Å². The van der Waals surface area contributed by atoms with Crippen LogP contribution in [0.1, 0.15) is 31.4 Å². The predicted molar refractivity (Wildman–Crippen MR) is 91.9 cm³/mol. The van der Waals surface area contributed by atoms with Crippen molar-refractivity contribution in [1.29, 1.82) is 0 Å². The van der Waals surface area contributed by atoms with Crippen LogP contribution in [0, 0.1) is 5.92 Å². The van der Waals surface area contributed by atoms with E-state index >= 15 is 0 Å². The summed E-state index contributed by atoms with van der Waals surface area (Å²) in [7, 11) is 0. The van der Waals surface area contributed by atoms with Gasteiger partial charge < -0.3 is 15.3 Å². The molecule has 2 amide bonds. The van der Waals surface area contributed by atoms with Crippen LogP contribution in [0.3, 0.4) is 0 Å². The van der Waals surface area contributed by atoms with Crippen molar-refractivity contribution in [2.75, 3.05) is 19.7 Å². The van der Waals surface area contributed by atoms with E-state index in [1.807, 2.05) is 48.4 Å². The summed E-state index contributed by atoms with van der Waals surface area (Å²) in [5.74, 6) is 0.331. The normalized spacial score (nSPS) is 16.8. The Hall–Kier alpha value is -2.34. The average molecular weight is 328 g/mol. The Labute approximate surface area is 142 Å². The summed E-state index contributed by atoms with van der Waals surface area (Å²) in [6, 6.07) is 9.78. The molecule has 2 heterocycles. The number of carbonyl (C=O) groups is 1. The summed E-state index contributed by atoms with van der Waals surface area (Å²) in [6.07, 6.45) is 5.38. The van der Waals surface area contributed by atoms with Crippen molar-refractivity contribution in [2.24, 2.45) is 5.92 Å². The standard InChI is InChI=1S/C18H24N4O2/c1-14(20-18(24)21-10-6-15(13-23)7-11-21)16-4-2-5-17(12-16)22-9-3-8-19-22/h2-5,8-9,12,14-15,23H,6-7,10-11,13H2,1H3,(H,20,24). The summed E-state index contributed by atoms with van der Waals surface area (Å²) >= 11 is 0. The van der Waals surface area contributed by atoms with Crippen LogP contribution in [0.5, 0.6) is 0 Å². The number of aromatic nitrogens is 2. The second-order valence-electron chi connectivity index (χ2n) is 6.33. The summed E-state index contributed by atoms with van der Waals surface area (Å²) in [5.41, 5.74) is 2.02. The van der Waals surface area contributed by atoms with Gasteiger partial charge in [-0.25, -0.2) is 9.48 Å². The number of nitrogens with zero attached hydrogens (tertiary/aromatic N) is 3. The van der Waals surface area contributed by atoms with Crippen LogP contribution in [0.4, 0.5) is 4.79 Å². The molecule has 0 aliphatic carbocycles. The van der Waals surface area contributed by atoms with Gasteiger partial charge in [0.1, 0.15) is 0 Å². The molecule has 6 nitrogen and oxygen atoms in total. The zero-order chi connectivity index (χ0) is 16.9. The average Bonchev–Trinajstić information content (AvgIpc) is 3.16. The molecule has 1 saturated heterocycles. The lowest BCUT2D eigenvalue weighted by Gasteiger charge is -2.32. The first-order valence-corrected chi connectivity index (χ1v) is 8.43. The summed E-state index contributed by atoms with van der Waals surface area (Å²) < 4.78 is 1.80. The number of carbonyl (C=O) groups excluding carboxylic acids is 1. The number of amides is 2. The highest BCUT2D eigenvalue weighted by Gasteiger charge is 2.23. The van der Waals surface area contributed by atoms with E-state index in [0.717, 1.165) is 24.1 Å². The molecule has 1 aliphatic rings. The first-order chi connectivity index (χ1) is 11.7. The molecule has 0 bridgehead atoms. The van der Waals surface area contributed by atoms with Gasteiger partial charge in [0.05, 0.1) is 11.7 Å². The van der Waals surface area contributed by atoms with Gasteiger partial charge in [0.15, 0.2) is 0 Å². The Morgan fingerprint density at radius 1 is 1.38 bits per heavy atom. The minimum atomic E-state index is -0.0800. The molecule has 1 fully saturated rings. The molecular formula is C18H24N4O2. The van der Waals surface area contributed by atoms with Crippen LogP contribution in [-0.2, 0) is 0 Å². The van der Waals surface area contributed by atoms with Gasteiger partial charge in [0, 0.05) is 32.1 Å². The SMILES string of the molecule is CC(NC(=O)N1CCC(CO)CC1)c1cccc(-n2cccn2)c1. The number of aliphatic hydroxyl groups excluding tert-OH is 1. The molecule has 24 heavy (non-hydrogen) atoms. The van der Waals surface area contributed by atoms with Crippen LogP contribution in [-0.4, -0.2) is 45.5 Å². The second-order valence-corrected chi connectivity index (χ2v) is 6.33. The Morgan fingerprint density at radius 3 is 2.83 bits per heavy atom. The van der Waals surface area contributed by atoms with Crippen molar-refractivity contribution in [2.45, 2.75) is 25.8 Å². The summed E-state index contributed by atoms with van der Waals surface area (Å²) in [5, 5.41) is 16.5. The lowest BCUT2D eigenvalue weighted by Crippen LogP contribution is -2.45. The number of hydrogen-bond acceptors (Lipinski definition) is 3. The molecule has 2 aromatic rings. The number of aliphatic hydroxyl groups is 1. The summed E-state index contributed by atoms with van der Waals surface area (Å²) in [6.45, 7) is 3.61. The number of rotatable bonds is 4. The molecule has 2 N–H and O–H groups in total. The van der Waals surface area contributed by atoms with Crippen LogP contribution >= 0.6 is 0 Å². The predicted octanol–water partition coefficient (Wildman–Crippen LogP) is 2.35. The van der Waals surface area contributed by atoms with E-state index in [0.29, 0.717) is 19.0 Å². The zero-order valence-corrected chi connectivity index (χ0v) is 13.9. The smallest absolute Gasteiger partial charge is 0.317 e. The maximum absolute atomic E-state index is 12.4. The first-order valence-electron chi connectivity index (χ1n) is 8.43.